The number of morpholine rings is 1. The molecule has 0 N–H and O–H groups in total. The van der Waals surface area contributed by atoms with E-state index in [1.54, 1.807) is 23.1 Å². The Kier molecular flexibility index (Phi) is 4.96. The third-order valence-electron chi connectivity index (χ3n) is 4.88. The van der Waals surface area contributed by atoms with Crippen LogP contribution < -0.4 is 4.90 Å². The fourth-order valence-electron chi connectivity index (χ4n) is 3.38. The minimum atomic E-state index is -4.59. The van der Waals surface area contributed by atoms with Crippen molar-refractivity contribution in [3.63, 3.8) is 0 Å². The van der Waals surface area contributed by atoms with Gasteiger partial charge in [-0.3, -0.25) is 4.98 Å². The highest BCUT2D eigenvalue weighted by Crippen LogP contribution is 2.34. The van der Waals surface area contributed by atoms with Gasteiger partial charge in [0.05, 0.1) is 13.2 Å². The van der Waals surface area contributed by atoms with Gasteiger partial charge in [0.15, 0.2) is 11.5 Å². The number of rotatable bonds is 3. The van der Waals surface area contributed by atoms with Gasteiger partial charge in [0.25, 0.3) is 0 Å². The van der Waals surface area contributed by atoms with E-state index in [1.807, 2.05) is 37.3 Å². The molecule has 0 spiro atoms. The molecule has 1 aromatic carbocycles. The Labute approximate surface area is 166 Å². The summed E-state index contributed by atoms with van der Waals surface area (Å²) in [5.41, 5.74) is -0.400. The predicted molar refractivity (Wildman–Crippen MR) is 102 cm³/mol. The molecule has 0 amide bonds. The summed E-state index contributed by atoms with van der Waals surface area (Å²) in [6, 6.07) is 15.6. The van der Waals surface area contributed by atoms with Crippen molar-refractivity contribution in [3.8, 4) is 11.5 Å². The van der Waals surface area contributed by atoms with Gasteiger partial charge in [0.1, 0.15) is 17.1 Å². The number of halogens is 3. The van der Waals surface area contributed by atoms with E-state index in [0.29, 0.717) is 25.4 Å². The Morgan fingerprint density at radius 1 is 1.03 bits per heavy atom. The van der Waals surface area contributed by atoms with Gasteiger partial charge >= 0.3 is 6.18 Å². The summed E-state index contributed by atoms with van der Waals surface area (Å²) in [6.45, 7) is 3.10. The van der Waals surface area contributed by atoms with Crippen LogP contribution in [0, 0.1) is 0 Å². The van der Waals surface area contributed by atoms with E-state index in [4.69, 9.17) is 4.74 Å². The fourth-order valence-corrected chi connectivity index (χ4v) is 3.38. The summed E-state index contributed by atoms with van der Waals surface area (Å²) in [5.74, 6) is 0.154. The molecule has 1 unspecified atom stereocenters. The second kappa shape index (κ2) is 7.44. The van der Waals surface area contributed by atoms with E-state index in [0.717, 1.165) is 11.6 Å². The van der Waals surface area contributed by atoms with Crippen molar-refractivity contribution >= 4 is 5.82 Å². The van der Waals surface area contributed by atoms with Gasteiger partial charge in [0, 0.05) is 18.8 Å². The predicted octanol–water partition coefficient (Wildman–Crippen LogP) is 4.31. The summed E-state index contributed by atoms with van der Waals surface area (Å²) in [5, 5.41) is 0. The summed E-state index contributed by atoms with van der Waals surface area (Å²) in [7, 11) is 0. The topological polar surface area (TPSA) is 51.1 Å². The van der Waals surface area contributed by atoms with Crippen LogP contribution in [0.5, 0.6) is 0 Å². The van der Waals surface area contributed by atoms with E-state index < -0.39 is 17.5 Å². The molecule has 3 heterocycles. The molecule has 1 saturated heterocycles. The number of pyridine rings is 1. The fraction of sp³-hybridized carbons (Fsp3) is 0.286. The van der Waals surface area contributed by atoms with Crippen LogP contribution in [0.15, 0.2) is 60.8 Å². The molecule has 150 valence electrons. The molecule has 3 aromatic rings. The molecule has 29 heavy (non-hydrogen) atoms. The number of aromatic nitrogens is 3. The molecule has 5 nitrogen and oxygen atoms in total. The Balaban J connectivity index is 1.74. The number of alkyl halides is 3. The normalized spacial score (nSPS) is 19.9. The van der Waals surface area contributed by atoms with Crippen LogP contribution in [0.3, 0.4) is 0 Å². The molecule has 0 radical (unpaired) electrons. The third-order valence-corrected chi connectivity index (χ3v) is 4.88. The number of ether oxygens (including phenoxy) is 1. The highest BCUT2D eigenvalue weighted by Gasteiger charge is 2.37. The van der Waals surface area contributed by atoms with E-state index in [9.17, 15) is 13.2 Å². The standard InChI is InChI=1S/C21H19F3N4O/c1-20(15-7-3-2-4-8-15)14-28(11-12-29-20)18-13-17(21(22,23)24)26-19(27-18)16-9-5-6-10-25-16/h2-10,13H,11-12,14H2,1H3. The van der Waals surface area contributed by atoms with Crippen molar-refractivity contribution in [2.75, 3.05) is 24.6 Å². The molecule has 1 atom stereocenters. The Bertz CT molecular complexity index is 982. The van der Waals surface area contributed by atoms with Crippen LogP contribution in [-0.2, 0) is 16.5 Å². The van der Waals surface area contributed by atoms with Gasteiger partial charge in [0.2, 0.25) is 0 Å². The monoisotopic (exact) mass is 400 g/mol. The van der Waals surface area contributed by atoms with Gasteiger partial charge in [-0.2, -0.15) is 13.2 Å². The van der Waals surface area contributed by atoms with E-state index in [2.05, 4.69) is 15.0 Å². The average molecular weight is 400 g/mol. The van der Waals surface area contributed by atoms with Gasteiger partial charge in [-0.25, -0.2) is 9.97 Å². The van der Waals surface area contributed by atoms with Crippen LogP contribution >= 0.6 is 0 Å². The maximum Gasteiger partial charge on any atom is 0.433 e. The number of hydrogen-bond acceptors (Lipinski definition) is 5. The first-order chi connectivity index (χ1) is 13.9. The van der Waals surface area contributed by atoms with E-state index in [-0.39, 0.29) is 11.6 Å². The van der Waals surface area contributed by atoms with Crippen molar-refractivity contribution in [1.82, 2.24) is 15.0 Å². The maximum atomic E-state index is 13.5. The summed E-state index contributed by atoms with van der Waals surface area (Å²) < 4.78 is 46.5. The lowest BCUT2D eigenvalue weighted by atomic mass is 9.94. The molecule has 0 saturated carbocycles. The van der Waals surface area contributed by atoms with Crippen molar-refractivity contribution in [1.29, 1.82) is 0 Å². The number of hydrogen-bond donors (Lipinski definition) is 0. The lowest BCUT2D eigenvalue weighted by Gasteiger charge is -2.41. The van der Waals surface area contributed by atoms with E-state index in [1.165, 1.54) is 6.20 Å². The van der Waals surface area contributed by atoms with Crippen LogP contribution in [0.1, 0.15) is 18.2 Å². The molecular formula is C21H19F3N4O. The molecule has 4 rings (SSSR count). The Morgan fingerprint density at radius 2 is 1.79 bits per heavy atom. The Morgan fingerprint density at radius 3 is 2.48 bits per heavy atom. The van der Waals surface area contributed by atoms with Gasteiger partial charge in [-0.1, -0.05) is 36.4 Å². The van der Waals surface area contributed by atoms with E-state index >= 15 is 0 Å². The minimum absolute atomic E-state index is 0.0525. The SMILES string of the molecule is CC1(c2ccccc2)CN(c2cc(C(F)(F)F)nc(-c3ccccn3)n2)CCO1. The zero-order valence-corrected chi connectivity index (χ0v) is 15.7. The second-order valence-electron chi connectivity index (χ2n) is 7.01. The number of benzene rings is 1. The molecule has 1 fully saturated rings. The first-order valence-corrected chi connectivity index (χ1v) is 9.17. The Hall–Kier alpha value is -3.00. The van der Waals surface area contributed by atoms with Crippen molar-refractivity contribution < 1.29 is 17.9 Å². The minimum Gasteiger partial charge on any atom is -0.367 e. The molecule has 0 aliphatic carbocycles. The zero-order chi connectivity index (χ0) is 20.5. The highest BCUT2D eigenvalue weighted by atomic mass is 19.4. The molecular weight excluding hydrogens is 381 g/mol. The van der Waals surface area contributed by atoms with Crippen molar-refractivity contribution in [3.05, 3.63) is 72.1 Å². The first kappa shape index (κ1) is 19.3. The summed E-state index contributed by atoms with van der Waals surface area (Å²) in [6.07, 6.45) is -3.09. The quantitative estimate of drug-likeness (QED) is 0.656. The lowest BCUT2D eigenvalue weighted by Crippen LogP contribution is -2.48. The lowest BCUT2D eigenvalue weighted by molar-refractivity contribution is -0.141. The highest BCUT2D eigenvalue weighted by molar-refractivity contribution is 5.54. The molecule has 1 aliphatic heterocycles. The van der Waals surface area contributed by atoms with Gasteiger partial charge in [-0.05, 0) is 24.6 Å². The maximum absolute atomic E-state index is 13.5. The van der Waals surface area contributed by atoms with Crippen LogP contribution in [0.4, 0.5) is 19.0 Å². The summed E-state index contributed by atoms with van der Waals surface area (Å²) in [4.78, 5) is 14.0. The van der Waals surface area contributed by atoms with Gasteiger partial charge < -0.3 is 9.64 Å². The third kappa shape index (κ3) is 4.07. The van der Waals surface area contributed by atoms with Gasteiger partial charge in [-0.15, -0.1) is 0 Å². The van der Waals surface area contributed by atoms with Crippen LogP contribution in [-0.4, -0.2) is 34.6 Å². The second-order valence-corrected chi connectivity index (χ2v) is 7.01. The zero-order valence-electron chi connectivity index (χ0n) is 15.7. The van der Waals surface area contributed by atoms with Crippen molar-refractivity contribution in [2.24, 2.45) is 0 Å². The number of nitrogens with zero attached hydrogens (tertiary/aromatic N) is 4. The molecule has 1 aliphatic rings. The molecule has 2 aromatic heterocycles. The number of anilines is 1. The summed E-state index contributed by atoms with van der Waals surface area (Å²) >= 11 is 0. The van der Waals surface area contributed by atoms with Crippen molar-refractivity contribution in [2.45, 2.75) is 18.7 Å². The largest absolute Gasteiger partial charge is 0.433 e. The average Bonchev–Trinajstić information content (AvgIpc) is 2.74. The first-order valence-electron chi connectivity index (χ1n) is 9.17. The van der Waals surface area contributed by atoms with Crippen LogP contribution in [0.25, 0.3) is 11.5 Å². The molecule has 0 bridgehead atoms. The molecule has 8 heteroatoms. The van der Waals surface area contributed by atoms with Crippen LogP contribution in [0.2, 0.25) is 0 Å². The smallest absolute Gasteiger partial charge is 0.367 e.